The Labute approximate surface area is 99.5 Å². The Kier molecular flexibility index (Phi) is 3.19. The minimum Gasteiger partial charge on any atom is -0.308 e. The Morgan fingerprint density at radius 1 is 1.35 bits per heavy atom. The summed E-state index contributed by atoms with van der Waals surface area (Å²) < 4.78 is 15.0. The molecule has 1 aromatic heterocycles. The molecule has 0 saturated heterocycles. The van der Waals surface area contributed by atoms with Gasteiger partial charge in [-0.25, -0.2) is 4.39 Å². The second-order valence-corrected chi connectivity index (χ2v) is 4.10. The van der Waals surface area contributed by atoms with E-state index in [4.69, 9.17) is 0 Å². The van der Waals surface area contributed by atoms with Crippen molar-refractivity contribution in [3.63, 3.8) is 0 Å². The average molecular weight is 234 g/mol. The van der Waals surface area contributed by atoms with Crippen LogP contribution in [0.2, 0.25) is 0 Å². The van der Waals surface area contributed by atoms with Crippen LogP contribution < -0.4 is 5.32 Å². The Hall–Kier alpha value is -1.75. The SMILES string of the molecule is CNC(c1cc(C)cc(F)c1)c1cn(C)nn1. The first kappa shape index (κ1) is 11.7. The second-order valence-electron chi connectivity index (χ2n) is 4.10. The molecular weight excluding hydrogens is 219 g/mol. The normalized spacial score (nSPS) is 12.7. The van der Waals surface area contributed by atoms with E-state index < -0.39 is 0 Å². The third kappa shape index (κ3) is 2.50. The van der Waals surface area contributed by atoms with Gasteiger partial charge in [-0.05, 0) is 37.2 Å². The van der Waals surface area contributed by atoms with Crippen LogP contribution >= 0.6 is 0 Å². The number of nitrogens with one attached hydrogen (secondary N) is 1. The molecule has 0 aliphatic heterocycles. The molecule has 0 saturated carbocycles. The fraction of sp³-hybridized carbons (Fsp3) is 0.333. The van der Waals surface area contributed by atoms with Crippen LogP contribution in [0.25, 0.3) is 0 Å². The maximum Gasteiger partial charge on any atom is 0.123 e. The van der Waals surface area contributed by atoms with Gasteiger partial charge in [-0.1, -0.05) is 11.3 Å². The van der Waals surface area contributed by atoms with E-state index in [9.17, 15) is 4.39 Å². The van der Waals surface area contributed by atoms with E-state index in [0.717, 1.165) is 16.8 Å². The van der Waals surface area contributed by atoms with Gasteiger partial charge < -0.3 is 5.32 Å². The first-order valence-electron chi connectivity index (χ1n) is 5.40. The molecule has 0 amide bonds. The number of nitrogens with zero attached hydrogens (tertiary/aromatic N) is 3. The lowest BCUT2D eigenvalue weighted by Gasteiger charge is -2.14. The molecule has 2 aromatic rings. The van der Waals surface area contributed by atoms with Crippen molar-refractivity contribution in [3.8, 4) is 0 Å². The molecule has 5 heteroatoms. The van der Waals surface area contributed by atoms with Gasteiger partial charge in [0.15, 0.2) is 0 Å². The van der Waals surface area contributed by atoms with E-state index in [1.165, 1.54) is 12.1 Å². The van der Waals surface area contributed by atoms with Crippen molar-refractivity contribution in [2.45, 2.75) is 13.0 Å². The van der Waals surface area contributed by atoms with E-state index in [2.05, 4.69) is 15.6 Å². The molecule has 90 valence electrons. The summed E-state index contributed by atoms with van der Waals surface area (Å²) in [6.45, 7) is 1.87. The van der Waals surface area contributed by atoms with Crippen LogP contribution in [-0.2, 0) is 7.05 Å². The predicted molar refractivity (Wildman–Crippen MR) is 63.0 cm³/mol. The number of aromatic nitrogens is 3. The Morgan fingerprint density at radius 2 is 2.12 bits per heavy atom. The second kappa shape index (κ2) is 4.63. The molecule has 0 bridgehead atoms. The van der Waals surface area contributed by atoms with Crippen molar-refractivity contribution in [1.29, 1.82) is 0 Å². The van der Waals surface area contributed by atoms with Crippen molar-refractivity contribution in [2.75, 3.05) is 7.05 Å². The summed E-state index contributed by atoms with van der Waals surface area (Å²) in [5, 5.41) is 11.1. The largest absolute Gasteiger partial charge is 0.308 e. The van der Waals surface area contributed by atoms with Crippen molar-refractivity contribution in [2.24, 2.45) is 7.05 Å². The average Bonchev–Trinajstić information content (AvgIpc) is 2.64. The van der Waals surface area contributed by atoms with E-state index in [-0.39, 0.29) is 11.9 Å². The van der Waals surface area contributed by atoms with E-state index in [1.807, 2.05) is 26.2 Å². The predicted octanol–water partition coefficient (Wildman–Crippen LogP) is 1.57. The highest BCUT2D eigenvalue weighted by atomic mass is 19.1. The fourth-order valence-electron chi connectivity index (χ4n) is 1.91. The molecule has 1 atom stereocenters. The summed E-state index contributed by atoms with van der Waals surface area (Å²) in [5.41, 5.74) is 2.52. The first-order valence-corrected chi connectivity index (χ1v) is 5.40. The fourth-order valence-corrected chi connectivity index (χ4v) is 1.91. The van der Waals surface area contributed by atoms with E-state index in [1.54, 1.807) is 11.7 Å². The molecule has 1 unspecified atom stereocenters. The van der Waals surface area contributed by atoms with Crippen LogP contribution in [0, 0.1) is 12.7 Å². The Bertz CT molecular complexity index is 501. The zero-order chi connectivity index (χ0) is 12.4. The van der Waals surface area contributed by atoms with Gasteiger partial charge in [0.05, 0.1) is 12.2 Å². The lowest BCUT2D eigenvalue weighted by Crippen LogP contribution is -2.18. The molecule has 0 aliphatic rings. The number of hydrogen-bond donors (Lipinski definition) is 1. The molecule has 4 nitrogen and oxygen atoms in total. The molecule has 1 heterocycles. The van der Waals surface area contributed by atoms with Crippen LogP contribution in [-0.4, -0.2) is 22.0 Å². The minimum absolute atomic E-state index is 0.141. The highest BCUT2D eigenvalue weighted by Crippen LogP contribution is 2.21. The van der Waals surface area contributed by atoms with Gasteiger partial charge in [-0.2, -0.15) is 0 Å². The summed E-state index contributed by atoms with van der Waals surface area (Å²) in [5.74, 6) is -0.232. The number of aryl methyl sites for hydroxylation is 2. The van der Waals surface area contributed by atoms with Crippen LogP contribution in [0.15, 0.2) is 24.4 Å². The maximum atomic E-state index is 13.4. The van der Waals surface area contributed by atoms with Gasteiger partial charge in [0, 0.05) is 7.05 Å². The van der Waals surface area contributed by atoms with E-state index in [0.29, 0.717) is 0 Å². The molecule has 1 N–H and O–H groups in total. The molecule has 0 aliphatic carbocycles. The zero-order valence-corrected chi connectivity index (χ0v) is 10.1. The highest BCUT2D eigenvalue weighted by Gasteiger charge is 2.16. The third-order valence-corrected chi connectivity index (χ3v) is 2.60. The Morgan fingerprint density at radius 3 is 2.65 bits per heavy atom. The number of halogens is 1. The minimum atomic E-state index is -0.232. The summed E-state index contributed by atoms with van der Waals surface area (Å²) in [6, 6.07) is 4.83. The number of hydrogen-bond acceptors (Lipinski definition) is 3. The summed E-state index contributed by atoms with van der Waals surface area (Å²) in [6.07, 6.45) is 1.82. The van der Waals surface area contributed by atoms with Gasteiger partial charge in [0.2, 0.25) is 0 Å². The molecular formula is C12H15FN4. The zero-order valence-electron chi connectivity index (χ0n) is 10.1. The third-order valence-electron chi connectivity index (χ3n) is 2.60. The smallest absolute Gasteiger partial charge is 0.123 e. The van der Waals surface area contributed by atoms with Crippen molar-refractivity contribution in [1.82, 2.24) is 20.3 Å². The Balaban J connectivity index is 2.41. The quantitative estimate of drug-likeness (QED) is 0.876. The summed E-state index contributed by atoms with van der Waals surface area (Å²) in [7, 11) is 3.62. The molecule has 1 aromatic carbocycles. The van der Waals surface area contributed by atoms with Crippen LogP contribution in [0.1, 0.15) is 22.9 Å². The van der Waals surface area contributed by atoms with Crippen LogP contribution in [0.5, 0.6) is 0 Å². The maximum absolute atomic E-state index is 13.4. The van der Waals surface area contributed by atoms with Crippen LogP contribution in [0.4, 0.5) is 4.39 Å². The lowest BCUT2D eigenvalue weighted by atomic mass is 10.0. The number of benzene rings is 1. The molecule has 17 heavy (non-hydrogen) atoms. The molecule has 2 rings (SSSR count). The van der Waals surface area contributed by atoms with Gasteiger partial charge >= 0.3 is 0 Å². The topological polar surface area (TPSA) is 42.7 Å². The summed E-state index contributed by atoms with van der Waals surface area (Å²) >= 11 is 0. The van der Waals surface area contributed by atoms with Crippen LogP contribution in [0.3, 0.4) is 0 Å². The van der Waals surface area contributed by atoms with Crippen molar-refractivity contribution < 1.29 is 4.39 Å². The molecule has 0 radical (unpaired) electrons. The number of rotatable bonds is 3. The monoisotopic (exact) mass is 234 g/mol. The van der Waals surface area contributed by atoms with Gasteiger partial charge in [-0.15, -0.1) is 5.10 Å². The van der Waals surface area contributed by atoms with Gasteiger partial charge in [0.1, 0.15) is 11.5 Å². The summed E-state index contributed by atoms with van der Waals surface area (Å²) in [4.78, 5) is 0. The van der Waals surface area contributed by atoms with Crippen molar-refractivity contribution >= 4 is 0 Å². The lowest BCUT2D eigenvalue weighted by molar-refractivity contribution is 0.611. The standard InChI is InChI=1S/C12H15FN4/c1-8-4-9(6-10(13)5-8)12(14-2)11-7-17(3)16-15-11/h4-7,12,14H,1-3H3. The molecule has 0 spiro atoms. The van der Waals surface area contributed by atoms with Gasteiger partial charge in [0.25, 0.3) is 0 Å². The van der Waals surface area contributed by atoms with Gasteiger partial charge in [-0.3, -0.25) is 4.68 Å². The van der Waals surface area contributed by atoms with Crippen molar-refractivity contribution in [3.05, 3.63) is 47.0 Å². The molecule has 0 fully saturated rings. The highest BCUT2D eigenvalue weighted by molar-refractivity contribution is 5.30. The van der Waals surface area contributed by atoms with E-state index >= 15 is 0 Å². The first-order chi connectivity index (χ1) is 8.10.